The average molecular weight is 402 g/mol. The predicted octanol–water partition coefficient (Wildman–Crippen LogP) is 5.62. The third-order valence-corrected chi connectivity index (χ3v) is 5.78. The van der Waals surface area contributed by atoms with E-state index in [0.717, 1.165) is 35.5 Å². The molecule has 0 radical (unpaired) electrons. The first-order valence-corrected chi connectivity index (χ1v) is 10.4. The van der Waals surface area contributed by atoms with Crippen LogP contribution in [0.25, 0.3) is 11.1 Å². The molecule has 0 bridgehead atoms. The molecule has 1 amide bonds. The van der Waals surface area contributed by atoms with Crippen molar-refractivity contribution >= 4 is 5.91 Å². The highest BCUT2D eigenvalue weighted by atomic mass is 16.5. The van der Waals surface area contributed by atoms with Crippen LogP contribution in [-0.2, 0) is 11.3 Å². The van der Waals surface area contributed by atoms with E-state index in [1.54, 1.807) is 14.2 Å². The first kappa shape index (κ1) is 20.0. The first-order chi connectivity index (χ1) is 14.7. The number of nitrogens with zero attached hydrogens (tertiary/aromatic N) is 1. The van der Waals surface area contributed by atoms with Gasteiger partial charge >= 0.3 is 0 Å². The van der Waals surface area contributed by atoms with Gasteiger partial charge in [-0.3, -0.25) is 4.79 Å². The highest BCUT2D eigenvalue weighted by Gasteiger charge is 2.33. The lowest BCUT2D eigenvalue weighted by atomic mass is 9.92. The number of likely N-dealkylation sites (tertiary alicyclic amines) is 1. The number of ether oxygens (including phenoxy) is 2. The van der Waals surface area contributed by atoms with Crippen molar-refractivity contribution < 1.29 is 14.3 Å². The molecule has 1 aliphatic heterocycles. The van der Waals surface area contributed by atoms with Crippen molar-refractivity contribution in [1.82, 2.24) is 4.90 Å². The summed E-state index contributed by atoms with van der Waals surface area (Å²) in [5.41, 5.74) is 4.43. The van der Waals surface area contributed by atoms with E-state index < -0.39 is 0 Å². The van der Waals surface area contributed by atoms with Gasteiger partial charge in [0.05, 0.1) is 25.8 Å². The Balaban J connectivity index is 1.63. The summed E-state index contributed by atoms with van der Waals surface area (Å²) < 4.78 is 11.2. The van der Waals surface area contributed by atoms with Crippen LogP contribution in [0.3, 0.4) is 0 Å². The minimum Gasteiger partial charge on any atom is -0.496 e. The number of hydrogen-bond donors (Lipinski definition) is 0. The van der Waals surface area contributed by atoms with Crippen molar-refractivity contribution in [2.24, 2.45) is 0 Å². The molecule has 4 rings (SSSR count). The maximum Gasteiger partial charge on any atom is 0.223 e. The molecule has 1 aliphatic rings. The molecule has 154 valence electrons. The fourth-order valence-electron chi connectivity index (χ4n) is 4.26. The van der Waals surface area contributed by atoms with Gasteiger partial charge in [-0.1, -0.05) is 60.7 Å². The lowest BCUT2D eigenvalue weighted by Gasteiger charge is -2.37. The summed E-state index contributed by atoms with van der Waals surface area (Å²) >= 11 is 0. The number of amides is 1. The van der Waals surface area contributed by atoms with Crippen LogP contribution in [0, 0.1) is 0 Å². The Morgan fingerprint density at radius 1 is 0.833 bits per heavy atom. The first-order valence-electron chi connectivity index (χ1n) is 10.4. The standard InChI is InChI=1S/C26H27NO3/c1-29-23-11-7-12-24(30-2)26(23)22-10-6-13-25(28)27(22)18-19-14-16-21(17-15-19)20-8-4-3-5-9-20/h3-5,7-9,11-12,14-17,22H,6,10,13,18H2,1-2H3. The van der Waals surface area contributed by atoms with Gasteiger partial charge in [0, 0.05) is 13.0 Å². The number of carbonyl (C=O) groups is 1. The van der Waals surface area contributed by atoms with Gasteiger partial charge < -0.3 is 14.4 Å². The second-order valence-electron chi connectivity index (χ2n) is 7.57. The molecule has 0 spiro atoms. The normalized spacial score (nSPS) is 16.4. The largest absolute Gasteiger partial charge is 0.496 e. The molecule has 4 nitrogen and oxygen atoms in total. The molecule has 3 aromatic rings. The van der Waals surface area contributed by atoms with E-state index >= 15 is 0 Å². The molecule has 3 aromatic carbocycles. The third-order valence-electron chi connectivity index (χ3n) is 5.78. The Bertz CT molecular complexity index is 976. The highest BCUT2D eigenvalue weighted by Crippen LogP contribution is 2.42. The molecule has 1 heterocycles. The second kappa shape index (κ2) is 9.04. The fraction of sp³-hybridized carbons (Fsp3) is 0.269. The average Bonchev–Trinajstić information content (AvgIpc) is 2.81. The van der Waals surface area contributed by atoms with Crippen molar-refractivity contribution in [3.8, 4) is 22.6 Å². The SMILES string of the molecule is COc1cccc(OC)c1C1CCCC(=O)N1Cc1ccc(-c2ccccc2)cc1. The van der Waals surface area contributed by atoms with E-state index in [1.807, 2.05) is 41.3 Å². The number of piperidine rings is 1. The minimum atomic E-state index is -0.0638. The van der Waals surface area contributed by atoms with Gasteiger partial charge in [-0.05, 0) is 41.7 Å². The maximum absolute atomic E-state index is 12.9. The molecule has 0 aromatic heterocycles. The zero-order valence-corrected chi connectivity index (χ0v) is 17.5. The predicted molar refractivity (Wildman–Crippen MR) is 119 cm³/mol. The van der Waals surface area contributed by atoms with Crippen LogP contribution in [0.2, 0.25) is 0 Å². The van der Waals surface area contributed by atoms with Crippen molar-refractivity contribution in [3.05, 3.63) is 83.9 Å². The fourth-order valence-corrected chi connectivity index (χ4v) is 4.26. The molecule has 0 N–H and O–H groups in total. The summed E-state index contributed by atoms with van der Waals surface area (Å²) in [6.07, 6.45) is 2.34. The number of benzene rings is 3. The van der Waals surface area contributed by atoms with Crippen LogP contribution in [0.15, 0.2) is 72.8 Å². The number of rotatable bonds is 6. The topological polar surface area (TPSA) is 38.8 Å². The zero-order valence-electron chi connectivity index (χ0n) is 17.5. The molecule has 0 saturated carbocycles. The van der Waals surface area contributed by atoms with Gasteiger partial charge in [-0.2, -0.15) is 0 Å². The van der Waals surface area contributed by atoms with Crippen LogP contribution >= 0.6 is 0 Å². The van der Waals surface area contributed by atoms with E-state index in [0.29, 0.717) is 13.0 Å². The third kappa shape index (κ3) is 4.04. The summed E-state index contributed by atoms with van der Waals surface area (Å²) in [6, 6.07) is 24.5. The van der Waals surface area contributed by atoms with Gasteiger partial charge in [-0.25, -0.2) is 0 Å². The quantitative estimate of drug-likeness (QED) is 0.538. The van der Waals surface area contributed by atoms with Crippen LogP contribution in [0.1, 0.15) is 36.4 Å². The van der Waals surface area contributed by atoms with E-state index in [1.165, 1.54) is 11.1 Å². The van der Waals surface area contributed by atoms with E-state index in [2.05, 4.69) is 36.4 Å². The van der Waals surface area contributed by atoms with E-state index in [-0.39, 0.29) is 11.9 Å². The van der Waals surface area contributed by atoms with Crippen molar-refractivity contribution in [2.75, 3.05) is 14.2 Å². The minimum absolute atomic E-state index is 0.0638. The summed E-state index contributed by atoms with van der Waals surface area (Å²) in [7, 11) is 3.32. The number of hydrogen-bond acceptors (Lipinski definition) is 3. The molecule has 30 heavy (non-hydrogen) atoms. The van der Waals surface area contributed by atoms with Crippen LogP contribution in [-0.4, -0.2) is 25.0 Å². The second-order valence-corrected chi connectivity index (χ2v) is 7.57. The van der Waals surface area contributed by atoms with Gasteiger partial charge in [0.25, 0.3) is 0 Å². The van der Waals surface area contributed by atoms with Crippen molar-refractivity contribution in [3.63, 3.8) is 0 Å². The van der Waals surface area contributed by atoms with E-state index in [9.17, 15) is 4.79 Å². The summed E-state index contributed by atoms with van der Waals surface area (Å²) in [5, 5.41) is 0. The van der Waals surface area contributed by atoms with Gasteiger partial charge in [0.15, 0.2) is 0 Å². The molecular weight excluding hydrogens is 374 g/mol. The van der Waals surface area contributed by atoms with E-state index in [4.69, 9.17) is 9.47 Å². The van der Waals surface area contributed by atoms with Gasteiger partial charge in [-0.15, -0.1) is 0 Å². The molecule has 1 atom stereocenters. The van der Waals surface area contributed by atoms with Gasteiger partial charge in [0.1, 0.15) is 11.5 Å². The molecule has 1 fully saturated rings. The zero-order chi connectivity index (χ0) is 20.9. The van der Waals surface area contributed by atoms with Crippen LogP contribution < -0.4 is 9.47 Å². The highest BCUT2D eigenvalue weighted by molar-refractivity contribution is 5.78. The van der Waals surface area contributed by atoms with Crippen LogP contribution in [0.5, 0.6) is 11.5 Å². The lowest BCUT2D eigenvalue weighted by molar-refractivity contribution is -0.137. The Labute approximate surface area is 178 Å². The molecular formula is C26H27NO3. The summed E-state index contributed by atoms with van der Waals surface area (Å²) in [6.45, 7) is 0.569. The monoisotopic (exact) mass is 401 g/mol. The number of methoxy groups -OCH3 is 2. The smallest absolute Gasteiger partial charge is 0.223 e. The summed E-state index contributed by atoms with van der Waals surface area (Å²) in [4.78, 5) is 14.9. The van der Waals surface area contributed by atoms with Gasteiger partial charge in [0.2, 0.25) is 5.91 Å². The maximum atomic E-state index is 12.9. The van der Waals surface area contributed by atoms with Crippen molar-refractivity contribution in [2.45, 2.75) is 31.8 Å². The molecule has 1 unspecified atom stereocenters. The Morgan fingerprint density at radius 3 is 2.10 bits per heavy atom. The lowest BCUT2D eigenvalue weighted by Crippen LogP contribution is -2.38. The number of carbonyl (C=O) groups excluding carboxylic acids is 1. The Morgan fingerprint density at radius 2 is 1.47 bits per heavy atom. The van der Waals surface area contributed by atoms with Crippen molar-refractivity contribution in [1.29, 1.82) is 0 Å². The molecule has 4 heteroatoms. The Hall–Kier alpha value is -3.27. The molecule has 0 aliphatic carbocycles. The Kier molecular flexibility index (Phi) is 6.03. The molecule has 1 saturated heterocycles. The summed E-state index contributed by atoms with van der Waals surface area (Å²) in [5.74, 6) is 1.70. The van der Waals surface area contributed by atoms with Crippen LogP contribution in [0.4, 0.5) is 0 Å².